The molecule has 0 amide bonds. The predicted octanol–water partition coefficient (Wildman–Crippen LogP) is 2.95. The van der Waals surface area contributed by atoms with Crippen LogP contribution in [0.1, 0.15) is 29.4 Å². The van der Waals surface area contributed by atoms with Gasteiger partial charge in [-0.3, -0.25) is 0 Å². The Kier molecular flexibility index (Phi) is 3.78. The van der Waals surface area contributed by atoms with Gasteiger partial charge in [0.2, 0.25) is 0 Å². The minimum atomic E-state index is 0.854. The number of hydrogen-bond acceptors (Lipinski definition) is 4. The molecule has 0 fully saturated rings. The van der Waals surface area contributed by atoms with Crippen LogP contribution in [-0.4, -0.2) is 23.6 Å². The Morgan fingerprint density at radius 3 is 2.67 bits per heavy atom. The van der Waals surface area contributed by atoms with Gasteiger partial charge in [-0.05, 0) is 24.5 Å². The second-order valence-corrected chi connectivity index (χ2v) is 5.48. The number of aromatic nitrogens is 2. The highest BCUT2D eigenvalue weighted by Crippen LogP contribution is 2.28. The second-order valence-electron chi connectivity index (χ2n) is 5.48. The molecule has 0 unspecified atom stereocenters. The fraction of sp³-hybridized carbons (Fsp3) is 0.412. The summed E-state index contributed by atoms with van der Waals surface area (Å²) < 4.78 is 0. The van der Waals surface area contributed by atoms with E-state index in [4.69, 9.17) is 4.98 Å². The Bertz CT molecular complexity index is 651. The van der Waals surface area contributed by atoms with E-state index in [0.717, 1.165) is 49.0 Å². The first kappa shape index (κ1) is 13.9. The van der Waals surface area contributed by atoms with E-state index in [1.807, 2.05) is 7.05 Å². The van der Waals surface area contributed by atoms with Crippen LogP contribution in [0.4, 0.5) is 11.6 Å². The van der Waals surface area contributed by atoms with Crippen molar-refractivity contribution in [3.05, 3.63) is 46.8 Å². The maximum absolute atomic E-state index is 4.77. The lowest BCUT2D eigenvalue weighted by molar-refractivity contribution is 0.711. The van der Waals surface area contributed by atoms with Gasteiger partial charge in [0.25, 0.3) is 0 Å². The van der Waals surface area contributed by atoms with Gasteiger partial charge >= 0.3 is 0 Å². The topological polar surface area (TPSA) is 41.1 Å². The Hall–Kier alpha value is -2.10. The molecular weight excluding hydrogens is 260 g/mol. The lowest BCUT2D eigenvalue weighted by Gasteiger charge is -2.31. The van der Waals surface area contributed by atoms with Gasteiger partial charge in [-0.25, -0.2) is 9.97 Å². The summed E-state index contributed by atoms with van der Waals surface area (Å²) in [5.41, 5.74) is 4.00. The first-order chi connectivity index (χ1) is 10.2. The van der Waals surface area contributed by atoms with E-state index in [9.17, 15) is 0 Å². The van der Waals surface area contributed by atoms with E-state index in [1.54, 1.807) is 0 Å². The van der Waals surface area contributed by atoms with Gasteiger partial charge in [0, 0.05) is 32.1 Å². The van der Waals surface area contributed by atoms with Crippen molar-refractivity contribution in [2.24, 2.45) is 0 Å². The van der Waals surface area contributed by atoms with Crippen LogP contribution in [0.25, 0.3) is 0 Å². The van der Waals surface area contributed by atoms with Gasteiger partial charge in [-0.15, -0.1) is 0 Å². The van der Waals surface area contributed by atoms with Crippen LogP contribution in [0.5, 0.6) is 0 Å². The van der Waals surface area contributed by atoms with Gasteiger partial charge in [0.15, 0.2) is 0 Å². The van der Waals surface area contributed by atoms with E-state index >= 15 is 0 Å². The van der Waals surface area contributed by atoms with Crippen molar-refractivity contribution in [2.75, 3.05) is 23.8 Å². The summed E-state index contributed by atoms with van der Waals surface area (Å²) in [5, 5.41) is 3.19. The van der Waals surface area contributed by atoms with Crippen LogP contribution in [0.15, 0.2) is 24.3 Å². The molecule has 1 aliphatic rings. The third-order valence-electron chi connectivity index (χ3n) is 4.15. The second kappa shape index (κ2) is 5.72. The molecule has 4 heteroatoms. The lowest BCUT2D eigenvalue weighted by Crippen LogP contribution is -2.32. The number of nitrogens with one attached hydrogen (secondary N) is 1. The predicted molar refractivity (Wildman–Crippen MR) is 86.9 cm³/mol. The summed E-state index contributed by atoms with van der Waals surface area (Å²) in [6.07, 6.45) is 1.93. The van der Waals surface area contributed by atoms with Gasteiger partial charge in [0.1, 0.15) is 17.5 Å². The molecular formula is C17H22N4. The molecule has 0 atom stereocenters. The minimum absolute atomic E-state index is 0.854. The molecule has 0 saturated heterocycles. The summed E-state index contributed by atoms with van der Waals surface area (Å²) in [4.78, 5) is 11.7. The molecule has 21 heavy (non-hydrogen) atoms. The molecule has 1 aromatic carbocycles. The molecule has 0 radical (unpaired) electrons. The van der Waals surface area contributed by atoms with Crippen LogP contribution in [0.2, 0.25) is 0 Å². The summed E-state index contributed by atoms with van der Waals surface area (Å²) in [5.74, 6) is 2.91. The number of hydrogen-bond donors (Lipinski definition) is 1. The maximum Gasteiger partial charge on any atom is 0.137 e. The smallest absolute Gasteiger partial charge is 0.137 e. The maximum atomic E-state index is 4.77. The van der Waals surface area contributed by atoms with E-state index in [1.165, 1.54) is 11.1 Å². The number of aryl methyl sites for hydroxylation is 1. The number of benzene rings is 1. The molecule has 0 aliphatic carbocycles. The van der Waals surface area contributed by atoms with Crippen molar-refractivity contribution >= 4 is 11.6 Å². The zero-order valence-corrected chi connectivity index (χ0v) is 13.0. The molecule has 3 rings (SSSR count). The quantitative estimate of drug-likeness (QED) is 0.939. The SMILES string of the molecule is CCc1nc(NC)c(C)c(N2CCc3ccccc3C2)n1. The van der Waals surface area contributed by atoms with E-state index < -0.39 is 0 Å². The van der Waals surface area contributed by atoms with Crippen molar-refractivity contribution < 1.29 is 0 Å². The molecule has 1 N–H and O–H groups in total. The number of anilines is 2. The molecule has 110 valence electrons. The molecule has 2 aromatic rings. The summed E-state index contributed by atoms with van der Waals surface area (Å²) in [7, 11) is 1.92. The average molecular weight is 282 g/mol. The Morgan fingerprint density at radius 1 is 1.19 bits per heavy atom. The average Bonchev–Trinajstić information content (AvgIpc) is 2.54. The fourth-order valence-corrected chi connectivity index (χ4v) is 2.94. The van der Waals surface area contributed by atoms with Crippen molar-refractivity contribution in [3.8, 4) is 0 Å². The summed E-state index contributed by atoms with van der Waals surface area (Å²) in [6.45, 7) is 6.14. The van der Waals surface area contributed by atoms with Crippen molar-refractivity contribution in [3.63, 3.8) is 0 Å². The highest BCUT2D eigenvalue weighted by Gasteiger charge is 2.20. The normalized spacial score (nSPS) is 14.0. The van der Waals surface area contributed by atoms with Crippen molar-refractivity contribution in [2.45, 2.75) is 33.2 Å². The van der Waals surface area contributed by atoms with Gasteiger partial charge in [0.05, 0.1) is 0 Å². The van der Waals surface area contributed by atoms with Crippen LogP contribution < -0.4 is 10.2 Å². The summed E-state index contributed by atoms with van der Waals surface area (Å²) in [6, 6.07) is 8.69. The van der Waals surface area contributed by atoms with E-state index in [0.29, 0.717) is 0 Å². The van der Waals surface area contributed by atoms with Crippen molar-refractivity contribution in [1.82, 2.24) is 9.97 Å². The Labute approximate surface area is 126 Å². The van der Waals surface area contributed by atoms with Crippen LogP contribution >= 0.6 is 0 Å². The number of rotatable bonds is 3. The zero-order chi connectivity index (χ0) is 14.8. The molecule has 0 bridgehead atoms. The number of fused-ring (bicyclic) bond motifs is 1. The molecule has 1 aliphatic heterocycles. The van der Waals surface area contributed by atoms with Gasteiger partial charge < -0.3 is 10.2 Å². The highest BCUT2D eigenvalue weighted by molar-refractivity contribution is 5.59. The zero-order valence-electron chi connectivity index (χ0n) is 13.0. The summed E-state index contributed by atoms with van der Waals surface area (Å²) >= 11 is 0. The largest absolute Gasteiger partial charge is 0.373 e. The van der Waals surface area contributed by atoms with E-state index in [-0.39, 0.29) is 0 Å². The van der Waals surface area contributed by atoms with Crippen LogP contribution in [0, 0.1) is 6.92 Å². The number of nitrogens with zero attached hydrogens (tertiary/aromatic N) is 3. The Balaban J connectivity index is 1.98. The minimum Gasteiger partial charge on any atom is -0.373 e. The van der Waals surface area contributed by atoms with Gasteiger partial charge in [-0.1, -0.05) is 31.2 Å². The third-order valence-corrected chi connectivity index (χ3v) is 4.15. The lowest BCUT2D eigenvalue weighted by atomic mass is 10.00. The highest BCUT2D eigenvalue weighted by atomic mass is 15.2. The Morgan fingerprint density at radius 2 is 1.95 bits per heavy atom. The van der Waals surface area contributed by atoms with Crippen molar-refractivity contribution in [1.29, 1.82) is 0 Å². The third kappa shape index (κ3) is 2.58. The van der Waals surface area contributed by atoms with Crippen LogP contribution in [-0.2, 0) is 19.4 Å². The fourth-order valence-electron chi connectivity index (χ4n) is 2.94. The van der Waals surface area contributed by atoms with Crippen LogP contribution in [0.3, 0.4) is 0 Å². The molecule has 0 spiro atoms. The van der Waals surface area contributed by atoms with E-state index in [2.05, 4.69) is 53.3 Å². The standard InChI is InChI=1S/C17H22N4/c1-4-15-19-16(18-3)12(2)17(20-15)21-10-9-13-7-5-6-8-14(13)11-21/h5-8H,4,9-11H2,1-3H3,(H,18,19,20). The molecule has 0 saturated carbocycles. The molecule has 4 nitrogen and oxygen atoms in total. The van der Waals surface area contributed by atoms with Gasteiger partial charge in [-0.2, -0.15) is 0 Å². The molecule has 2 heterocycles. The monoisotopic (exact) mass is 282 g/mol. The first-order valence-electron chi connectivity index (χ1n) is 7.60. The molecule has 1 aromatic heterocycles. The first-order valence-corrected chi connectivity index (χ1v) is 7.60.